The highest BCUT2D eigenvalue weighted by atomic mass is 35.5. The van der Waals surface area contributed by atoms with Crippen molar-refractivity contribution < 1.29 is 22.7 Å². The van der Waals surface area contributed by atoms with Crippen LogP contribution in [0, 0.1) is 17.5 Å². The number of methoxy groups -OCH3 is 1. The molecule has 0 N–H and O–H groups in total. The standard InChI is InChI=1S/C10H8ClF3O2/c1-16-7(10(11)15)4-5-2-3-6(12)9(14)8(5)13/h2-3,7H,4H2,1H3/t7-/m1/s1. The monoisotopic (exact) mass is 252 g/mol. The van der Waals surface area contributed by atoms with E-state index in [0.717, 1.165) is 12.1 Å². The molecule has 0 saturated carbocycles. The van der Waals surface area contributed by atoms with E-state index in [4.69, 9.17) is 11.6 Å². The molecule has 1 rings (SSSR count). The first kappa shape index (κ1) is 13.0. The fraction of sp³-hybridized carbons (Fsp3) is 0.300. The van der Waals surface area contributed by atoms with Crippen LogP contribution in [0.25, 0.3) is 0 Å². The van der Waals surface area contributed by atoms with Gasteiger partial charge in [0.25, 0.3) is 5.24 Å². The topological polar surface area (TPSA) is 26.3 Å². The van der Waals surface area contributed by atoms with E-state index >= 15 is 0 Å². The first-order valence-electron chi connectivity index (χ1n) is 4.32. The Bertz CT molecular complexity index is 409. The van der Waals surface area contributed by atoms with Crippen molar-refractivity contribution in [2.75, 3.05) is 7.11 Å². The van der Waals surface area contributed by atoms with Crippen LogP contribution < -0.4 is 0 Å². The molecule has 0 heterocycles. The summed E-state index contributed by atoms with van der Waals surface area (Å²) in [4.78, 5) is 10.8. The van der Waals surface area contributed by atoms with Crippen LogP contribution in [0.2, 0.25) is 0 Å². The summed E-state index contributed by atoms with van der Waals surface area (Å²) in [5.41, 5.74) is -0.167. The lowest BCUT2D eigenvalue weighted by atomic mass is 10.1. The molecule has 16 heavy (non-hydrogen) atoms. The van der Waals surface area contributed by atoms with Crippen LogP contribution in [-0.2, 0) is 16.0 Å². The Balaban J connectivity index is 2.97. The SMILES string of the molecule is CO[C@H](Cc1ccc(F)c(F)c1F)C(=O)Cl. The summed E-state index contributed by atoms with van der Waals surface area (Å²) in [5.74, 6) is -4.19. The van der Waals surface area contributed by atoms with Gasteiger partial charge in [0, 0.05) is 13.5 Å². The number of rotatable bonds is 4. The van der Waals surface area contributed by atoms with Crippen molar-refractivity contribution in [1.29, 1.82) is 0 Å². The van der Waals surface area contributed by atoms with Crippen molar-refractivity contribution in [3.8, 4) is 0 Å². The zero-order chi connectivity index (χ0) is 12.3. The maximum absolute atomic E-state index is 13.2. The molecule has 0 unspecified atom stereocenters. The maximum atomic E-state index is 13.2. The summed E-state index contributed by atoms with van der Waals surface area (Å²) in [6, 6.07) is 1.82. The first-order chi connectivity index (χ1) is 7.47. The number of hydrogen-bond acceptors (Lipinski definition) is 2. The molecule has 0 aliphatic rings. The third kappa shape index (κ3) is 2.74. The van der Waals surface area contributed by atoms with E-state index in [2.05, 4.69) is 4.74 Å². The molecule has 0 spiro atoms. The van der Waals surface area contributed by atoms with E-state index in [0.29, 0.717) is 0 Å². The van der Waals surface area contributed by atoms with Crippen LogP contribution in [0.5, 0.6) is 0 Å². The number of hydrogen-bond donors (Lipinski definition) is 0. The van der Waals surface area contributed by atoms with Gasteiger partial charge in [0.2, 0.25) is 0 Å². The second-order valence-corrected chi connectivity index (χ2v) is 3.44. The second-order valence-electron chi connectivity index (χ2n) is 3.07. The molecule has 1 aromatic carbocycles. The van der Waals surface area contributed by atoms with Gasteiger partial charge in [-0.1, -0.05) is 6.07 Å². The highest BCUT2D eigenvalue weighted by Crippen LogP contribution is 2.17. The second kappa shape index (κ2) is 5.32. The number of carbonyl (C=O) groups is 1. The molecule has 0 aliphatic carbocycles. The first-order valence-corrected chi connectivity index (χ1v) is 4.69. The van der Waals surface area contributed by atoms with E-state index in [1.807, 2.05) is 0 Å². The van der Waals surface area contributed by atoms with Gasteiger partial charge < -0.3 is 4.74 Å². The highest BCUT2D eigenvalue weighted by Gasteiger charge is 2.20. The molecule has 88 valence electrons. The van der Waals surface area contributed by atoms with Gasteiger partial charge in [-0.25, -0.2) is 13.2 Å². The molecule has 0 aliphatic heterocycles. The van der Waals surface area contributed by atoms with E-state index in [1.165, 1.54) is 7.11 Å². The van der Waals surface area contributed by atoms with Crippen LogP contribution in [0.1, 0.15) is 5.56 Å². The highest BCUT2D eigenvalue weighted by molar-refractivity contribution is 6.64. The van der Waals surface area contributed by atoms with Gasteiger partial charge in [-0.2, -0.15) is 0 Å². The minimum absolute atomic E-state index is 0.167. The van der Waals surface area contributed by atoms with Crippen molar-refractivity contribution in [3.63, 3.8) is 0 Å². The van der Waals surface area contributed by atoms with E-state index in [1.54, 1.807) is 0 Å². The average Bonchev–Trinajstić information content (AvgIpc) is 2.25. The number of carbonyl (C=O) groups excluding carboxylic acids is 1. The number of halogens is 4. The zero-order valence-electron chi connectivity index (χ0n) is 8.27. The lowest BCUT2D eigenvalue weighted by Crippen LogP contribution is -2.22. The van der Waals surface area contributed by atoms with Gasteiger partial charge in [-0.3, -0.25) is 4.79 Å². The smallest absolute Gasteiger partial charge is 0.250 e. The third-order valence-corrected chi connectivity index (χ3v) is 2.30. The Kier molecular flexibility index (Phi) is 4.32. The van der Waals surface area contributed by atoms with Gasteiger partial charge in [-0.15, -0.1) is 0 Å². The van der Waals surface area contributed by atoms with Gasteiger partial charge in [0.1, 0.15) is 6.10 Å². The summed E-state index contributed by atoms with van der Waals surface area (Å²) in [6.07, 6.45) is -1.33. The van der Waals surface area contributed by atoms with Crippen LogP contribution >= 0.6 is 11.6 Å². The summed E-state index contributed by atoms with van der Waals surface area (Å²) in [5, 5.41) is -0.827. The summed E-state index contributed by atoms with van der Waals surface area (Å²) in [6.45, 7) is 0. The molecule has 0 amide bonds. The predicted octanol–water partition coefficient (Wildman–Crippen LogP) is 2.43. The molecule has 0 saturated heterocycles. The van der Waals surface area contributed by atoms with E-state index in [9.17, 15) is 18.0 Å². The van der Waals surface area contributed by atoms with Gasteiger partial charge in [0.05, 0.1) is 0 Å². The molecule has 0 radical (unpaired) electrons. The van der Waals surface area contributed by atoms with Gasteiger partial charge in [0.15, 0.2) is 17.5 Å². The largest absolute Gasteiger partial charge is 0.372 e. The average molecular weight is 253 g/mol. The molecule has 0 bridgehead atoms. The summed E-state index contributed by atoms with van der Waals surface area (Å²) >= 11 is 5.16. The zero-order valence-corrected chi connectivity index (χ0v) is 9.02. The Morgan fingerprint density at radius 2 is 2.00 bits per heavy atom. The molecule has 1 atom stereocenters. The number of benzene rings is 1. The van der Waals surface area contributed by atoms with E-state index in [-0.39, 0.29) is 12.0 Å². The minimum atomic E-state index is -1.57. The maximum Gasteiger partial charge on any atom is 0.250 e. The lowest BCUT2D eigenvalue weighted by molar-refractivity contribution is -0.120. The van der Waals surface area contributed by atoms with Crippen molar-refractivity contribution in [2.24, 2.45) is 0 Å². The van der Waals surface area contributed by atoms with Crippen molar-refractivity contribution >= 4 is 16.8 Å². The molecular weight excluding hydrogens is 245 g/mol. The Morgan fingerprint density at radius 3 is 2.50 bits per heavy atom. The Morgan fingerprint density at radius 1 is 1.38 bits per heavy atom. The molecule has 6 heteroatoms. The van der Waals surface area contributed by atoms with Crippen LogP contribution in [0.3, 0.4) is 0 Å². The van der Waals surface area contributed by atoms with Crippen molar-refractivity contribution in [1.82, 2.24) is 0 Å². The Hall–Kier alpha value is -1.07. The quantitative estimate of drug-likeness (QED) is 0.608. The Labute approximate surface area is 95.0 Å². The fourth-order valence-corrected chi connectivity index (χ4v) is 1.35. The minimum Gasteiger partial charge on any atom is -0.372 e. The molecule has 0 aromatic heterocycles. The van der Waals surface area contributed by atoms with E-state index < -0.39 is 28.8 Å². The van der Waals surface area contributed by atoms with Crippen LogP contribution in [-0.4, -0.2) is 18.5 Å². The molecule has 0 fully saturated rings. The van der Waals surface area contributed by atoms with Gasteiger partial charge in [-0.05, 0) is 23.2 Å². The van der Waals surface area contributed by atoms with Crippen molar-refractivity contribution in [3.05, 3.63) is 35.1 Å². The molecular formula is C10H8ClF3O2. The van der Waals surface area contributed by atoms with Crippen LogP contribution in [0.15, 0.2) is 12.1 Å². The summed E-state index contributed by atoms with van der Waals surface area (Å²) in [7, 11) is 1.21. The molecule has 2 nitrogen and oxygen atoms in total. The fourth-order valence-electron chi connectivity index (χ4n) is 1.18. The normalized spacial score (nSPS) is 12.6. The van der Waals surface area contributed by atoms with Crippen molar-refractivity contribution in [2.45, 2.75) is 12.5 Å². The van der Waals surface area contributed by atoms with Crippen LogP contribution in [0.4, 0.5) is 13.2 Å². The summed E-state index contributed by atoms with van der Waals surface area (Å²) < 4.78 is 43.3. The van der Waals surface area contributed by atoms with Gasteiger partial charge >= 0.3 is 0 Å². The lowest BCUT2D eigenvalue weighted by Gasteiger charge is -2.11. The third-order valence-electron chi connectivity index (χ3n) is 2.06. The number of ether oxygens (including phenoxy) is 1. The predicted molar refractivity (Wildman–Crippen MR) is 51.7 cm³/mol. The molecule has 1 aromatic rings.